The number of aromatic nitrogens is 1. The first-order valence-corrected chi connectivity index (χ1v) is 6.86. The van der Waals surface area contributed by atoms with Gasteiger partial charge in [0, 0.05) is 11.6 Å². The normalized spacial score (nSPS) is 11.9. The Hall–Kier alpha value is -1.87. The minimum absolute atomic E-state index is 0.0278. The van der Waals surface area contributed by atoms with Crippen LogP contribution in [-0.2, 0) is 5.60 Å². The van der Waals surface area contributed by atoms with Crippen molar-refractivity contribution >= 4 is 0 Å². The number of hydrogen-bond donors (Lipinski definition) is 1. The summed E-state index contributed by atoms with van der Waals surface area (Å²) in [5, 5.41) is 10.1. The molecule has 2 rings (SSSR count). The van der Waals surface area contributed by atoms with Crippen molar-refractivity contribution < 1.29 is 5.11 Å². The van der Waals surface area contributed by atoms with Crippen LogP contribution in [0.2, 0.25) is 0 Å². The Kier molecular flexibility index (Phi) is 3.82. The van der Waals surface area contributed by atoms with Gasteiger partial charge in [-0.25, -0.2) is 0 Å². The van der Waals surface area contributed by atoms with E-state index in [1.54, 1.807) is 24.5 Å². The third-order valence-corrected chi connectivity index (χ3v) is 3.36. The van der Waals surface area contributed by atoms with Gasteiger partial charge in [-0.3, -0.25) is 4.79 Å². The van der Waals surface area contributed by atoms with E-state index in [0.717, 1.165) is 11.3 Å². The monoisotopic (exact) mass is 271 g/mol. The molecule has 1 N–H and O–H groups in total. The number of benzene rings is 1. The lowest BCUT2D eigenvalue weighted by molar-refractivity contribution is 0.0764. The molecule has 3 heteroatoms. The molecule has 20 heavy (non-hydrogen) atoms. The molecule has 1 aromatic carbocycles. The van der Waals surface area contributed by atoms with Crippen LogP contribution in [0.4, 0.5) is 0 Å². The topological polar surface area (TPSA) is 42.2 Å². The zero-order chi connectivity index (χ0) is 14.9. The summed E-state index contributed by atoms with van der Waals surface area (Å²) in [6.07, 6.45) is 0. The lowest BCUT2D eigenvalue weighted by atomic mass is 9.98. The Balaban J connectivity index is 2.73. The second-order valence-electron chi connectivity index (χ2n) is 5.83. The molecular formula is C17H21NO2. The largest absolute Gasteiger partial charge is 0.386 e. The van der Waals surface area contributed by atoms with Gasteiger partial charge in [-0.15, -0.1) is 0 Å². The first kappa shape index (κ1) is 14.5. The molecule has 0 atom stereocenters. The number of rotatable bonds is 3. The Bertz CT molecular complexity index is 649. The zero-order valence-corrected chi connectivity index (χ0v) is 12.4. The summed E-state index contributed by atoms with van der Waals surface area (Å²) in [4.78, 5) is 12.7. The first-order valence-electron chi connectivity index (χ1n) is 6.86. The van der Waals surface area contributed by atoms with E-state index >= 15 is 0 Å². The van der Waals surface area contributed by atoms with Crippen molar-refractivity contribution in [2.75, 3.05) is 0 Å². The van der Waals surface area contributed by atoms with Crippen LogP contribution in [-0.4, -0.2) is 9.67 Å². The van der Waals surface area contributed by atoms with Crippen LogP contribution in [0.1, 0.15) is 39.3 Å². The van der Waals surface area contributed by atoms with Crippen molar-refractivity contribution in [1.82, 2.24) is 4.57 Å². The third kappa shape index (κ3) is 2.68. The summed E-state index contributed by atoms with van der Waals surface area (Å²) < 4.78 is 1.74. The fraction of sp³-hybridized carbons (Fsp3) is 0.353. The van der Waals surface area contributed by atoms with Gasteiger partial charge in [-0.05, 0) is 45.4 Å². The Morgan fingerprint density at radius 1 is 1.05 bits per heavy atom. The molecule has 0 saturated heterocycles. The van der Waals surface area contributed by atoms with E-state index in [1.807, 2.05) is 50.2 Å². The molecule has 0 saturated carbocycles. The lowest BCUT2D eigenvalue weighted by Crippen LogP contribution is -2.33. The van der Waals surface area contributed by atoms with E-state index in [9.17, 15) is 9.90 Å². The fourth-order valence-electron chi connectivity index (χ4n) is 2.38. The van der Waals surface area contributed by atoms with Gasteiger partial charge >= 0.3 is 0 Å². The summed E-state index contributed by atoms with van der Waals surface area (Å²) >= 11 is 0. The number of nitrogens with zero attached hydrogens (tertiary/aromatic N) is 1. The van der Waals surface area contributed by atoms with Gasteiger partial charge in [0.2, 0.25) is 0 Å². The van der Waals surface area contributed by atoms with Gasteiger partial charge < -0.3 is 9.67 Å². The van der Waals surface area contributed by atoms with Gasteiger partial charge in [-0.1, -0.05) is 30.3 Å². The first-order chi connectivity index (χ1) is 9.32. The van der Waals surface area contributed by atoms with Crippen molar-refractivity contribution in [3.63, 3.8) is 0 Å². The standard InChI is InChI=1S/C17H21NO2/c1-12(2)18-15(13-8-6-5-7-9-13)11-10-14(16(18)19)17(3,4)20/h5-12,20H,1-4H3. The Labute approximate surface area is 119 Å². The van der Waals surface area contributed by atoms with Crippen molar-refractivity contribution in [2.24, 2.45) is 0 Å². The van der Waals surface area contributed by atoms with Crippen LogP contribution in [0, 0.1) is 0 Å². The second kappa shape index (κ2) is 5.25. The zero-order valence-electron chi connectivity index (χ0n) is 12.4. The molecule has 0 fully saturated rings. The highest BCUT2D eigenvalue weighted by Crippen LogP contribution is 2.24. The Morgan fingerprint density at radius 2 is 1.65 bits per heavy atom. The second-order valence-corrected chi connectivity index (χ2v) is 5.83. The summed E-state index contributed by atoms with van der Waals surface area (Å²) in [5.41, 5.74) is 1.03. The summed E-state index contributed by atoms with van der Waals surface area (Å²) in [5.74, 6) is 0. The highest BCUT2D eigenvalue weighted by atomic mass is 16.3. The molecule has 1 aromatic heterocycles. The highest BCUT2D eigenvalue weighted by Gasteiger charge is 2.23. The van der Waals surface area contributed by atoms with Crippen LogP contribution >= 0.6 is 0 Å². The molecule has 0 bridgehead atoms. The molecule has 0 aliphatic heterocycles. The van der Waals surface area contributed by atoms with E-state index in [2.05, 4.69) is 0 Å². The van der Waals surface area contributed by atoms with E-state index < -0.39 is 5.60 Å². The minimum atomic E-state index is -1.14. The van der Waals surface area contributed by atoms with E-state index in [0.29, 0.717) is 5.56 Å². The molecule has 0 aliphatic rings. The van der Waals surface area contributed by atoms with Crippen LogP contribution < -0.4 is 5.56 Å². The van der Waals surface area contributed by atoms with Crippen molar-refractivity contribution in [3.8, 4) is 11.3 Å². The average Bonchev–Trinajstić information content (AvgIpc) is 2.37. The molecule has 2 aromatic rings. The van der Waals surface area contributed by atoms with E-state index in [-0.39, 0.29) is 11.6 Å². The van der Waals surface area contributed by atoms with E-state index in [1.165, 1.54) is 0 Å². The average molecular weight is 271 g/mol. The summed E-state index contributed by atoms with van der Waals surface area (Å²) in [6, 6.07) is 13.5. The SMILES string of the molecule is CC(C)n1c(-c2ccccc2)ccc(C(C)(C)O)c1=O. The van der Waals surface area contributed by atoms with Crippen molar-refractivity contribution in [2.45, 2.75) is 39.3 Å². The minimum Gasteiger partial charge on any atom is -0.386 e. The van der Waals surface area contributed by atoms with Gasteiger partial charge in [0.1, 0.15) is 0 Å². The molecule has 0 aliphatic carbocycles. The quantitative estimate of drug-likeness (QED) is 0.930. The van der Waals surface area contributed by atoms with Gasteiger partial charge in [0.15, 0.2) is 0 Å². The highest BCUT2D eigenvalue weighted by molar-refractivity contribution is 5.60. The van der Waals surface area contributed by atoms with Crippen LogP contribution in [0.3, 0.4) is 0 Å². The summed E-state index contributed by atoms with van der Waals surface area (Å²) in [6.45, 7) is 7.22. The molecule has 106 valence electrons. The maximum atomic E-state index is 12.7. The van der Waals surface area contributed by atoms with Gasteiger partial charge in [0.05, 0.1) is 11.3 Å². The molecule has 1 heterocycles. The number of pyridine rings is 1. The molecular weight excluding hydrogens is 250 g/mol. The molecule has 0 spiro atoms. The lowest BCUT2D eigenvalue weighted by Gasteiger charge is -2.22. The van der Waals surface area contributed by atoms with Crippen LogP contribution in [0.15, 0.2) is 47.3 Å². The van der Waals surface area contributed by atoms with E-state index in [4.69, 9.17) is 0 Å². The maximum absolute atomic E-state index is 12.7. The Morgan fingerprint density at radius 3 is 2.15 bits per heavy atom. The predicted octanol–water partition coefficient (Wildman–Crippen LogP) is 3.32. The third-order valence-electron chi connectivity index (χ3n) is 3.36. The smallest absolute Gasteiger partial charge is 0.257 e. The van der Waals surface area contributed by atoms with Crippen LogP contribution in [0.5, 0.6) is 0 Å². The maximum Gasteiger partial charge on any atom is 0.257 e. The molecule has 3 nitrogen and oxygen atoms in total. The van der Waals surface area contributed by atoms with Crippen molar-refractivity contribution in [3.05, 3.63) is 58.4 Å². The predicted molar refractivity (Wildman–Crippen MR) is 81.8 cm³/mol. The summed E-state index contributed by atoms with van der Waals surface area (Å²) in [7, 11) is 0. The fourth-order valence-corrected chi connectivity index (χ4v) is 2.38. The molecule has 0 unspecified atom stereocenters. The van der Waals surface area contributed by atoms with Crippen molar-refractivity contribution in [1.29, 1.82) is 0 Å². The van der Waals surface area contributed by atoms with Gasteiger partial charge in [-0.2, -0.15) is 0 Å². The molecule has 0 radical (unpaired) electrons. The number of aliphatic hydroxyl groups is 1. The number of hydrogen-bond acceptors (Lipinski definition) is 2. The molecule has 0 amide bonds. The van der Waals surface area contributed by atoms with Gasteiger partial charge in [0.25, 0.3) is 5.56 Å². The van der Waals surface area contributed by atoms with Crippen LogP contribution in [0.25, 0.3) is 11.3 Å².